The second kappa shape index (κ2) is 5.72. The molecule has 4 heteroatoms. The molecule has 0 radical (unpaired) electrons. The van der Waals surface area contributed by atoms with Gasteiger partial charge in [0.2, 0.25) is 5.91 Å². The van der Waals surface area contributed by atoms with E-state index in [1.807, 2.05) is 36.2 Å². The highest BCUT2D eigenvalue weighted by Crippen LogP contribution is 2.21. The average molecular weight is 267 g/mol. The number of carbonyl (C=O) groups is 1. The van der Waals surface area contributed by atoms with Gasteiger partial charge in [-0.1, -0.05) is 23.7 Å². The highest BCUT2D eigenvalue weighted by atomic mass is 35.5. The third-order valence-corrected chi connectivity index (χ3v) is 3.60. The minimum absolute atomic E-state index is 0.112. The molecule has 0 spiro atoms. The molecular weight excluding hydrogens is 248 g/mol. The Labute approximate surface area is 113 Å². The van der Waals surface area contributed by atoms with Crippen molar-refractivity contribution in [2.24, 2.45) is 0 Å². The molecule has 1 aromatic carbocycles. The lowest BCUT2D eigenvalue weighted by molar-refractivity contribution is -0.122. The summed E-state index contributed by atoms with van der Waals surface area (Å²) in [5, 5.41) is 3.73. The third kappa shape index (κ3) is 3.72. The number of benzene rings is 1. The zero-order valence-electron chi connectivity index (χ0n) is 10.8. The molecule has 1 atom stereocenters. The number of likely N-dealkylation sites (N-methyl/N-ethyl adjacent to an activating group) is 1. The van der Waals surface area contributed by atoms with Crippen LogP contribution in [-0.2, 0) is 4.79 Å². The van der Waals surface area contributed by atoms with E-state index in [1.165, 1.54) is 5.56 Å². The summed E-state index contributed by atoms with van der Waals surface area (Å²) in [6, 6.07) is 8.39. The number of carbonyl (C=O) groups excluding carboxylic acids is 1. The minimum atomic E-state index is 0.112. The second-order valence-electron chi connectivity index (χ2n) is 4.98. The summed E-state index contributed by atoms with van der Waals surface area (Å²) >= 11 is 5.87. The molecule has 0 bridgehead atoms. The second-order valence-corrected chi connectivity index (χ2v) is 5.42. The number of hydrogen-bond acceptors (Lipinski definition) is 2. The molecule has 0 aromatic heterocycles. The maximum absolute atomic E-state index is 11.7. The molecule has 2 rings (SSSR count). The van der Waals surface area contributed by atoms with Gasteiger partial charge in [-0.3, -0.25) is 9.69 Å². The van der Waals surface area contributed by atoms with Crippen LogP contribution in [0.5, 0.6) is 0 Å². The molecule has 1 N–H and O–H groups in total. The summed E-state index contributed by atoms with van der Waals surface area (Å²) in [6.07, 6.45) is 2.25. The van der Waals surface area contributed by atoms with Gasteiger partial charge in [-0.2, -0.15) is 0 Å². The molecule has 98 valence electrons. The molecule has 0 aliphatic heterocycles. The van der Waals surface area contributed by atoms with E-state index < -0.39 is 0 Å². The van der Waals surface area contributed by atoms with Crippen LogP contribution in [0, 0.1) is 0 Å². The Bertz CT molecular complexity index is 414. The van der Waals surface area contributed by atoms with Gasteiger partial charge in [0.1, 0.15) is 0 Å². The first kappa shape index (κ1) is 13.4. The van der Waals surface area contributed by atoms with Gasteiger partial charge in [0.05, 0.1) is 6.54 Å². The van der Waals surface area contributed by atoms with E-state index in [4.69, 9.17) is 11.6 Å². The van der Waals surface area contributed by atoms with Crippen molar-refractivity contribution in [3.05, 3.63) is 34.9 Å². The van der Waals surface area contributed by atoms with Gasteiger partial charge >= 0.3 is 0 Å². The van der Waals surface area contributed by atoms with Crippen molar-refractivity contribution in [1.29, 1.82) is 0 Å². The fourth-order valence-corrected chi connectivity index (χ4v) is 1.99. The number of halogens is 1. The topological polar surface area (TPSA) is 32.3 Å². The van der Waals surface area contributed by atoms with Crippen molar-refractivity contribution in [3.63, 3.8) is 0 Å². The first-order valence-electron chi connectivity index (χ1n) is 6.31. The summed E-state index contributed by atoms with van der Waals surface area (Å²) in [6.45, 7) is 2.52. The zero-order chi connectivity index (χ0) is 13.1. The summed E-state index contributed by atoms with van der Waals surface area (Å²) in [5.74, 6) is 0.112. The van der Waals surface area contributed by atoms with Crippen LogP contribution in [0.15, 0.2) is 24.3 Å². The molecule has 1 saturated carbocycles. The first-order chi connectivity index (χ1) is 8.56. The lowest BCUT2D eigenvalue weighted by Crippen LogP contribution is -2.37. The summed E-state index contributed by atoms with van der Waals surface area (Å²) < 4.78 is 0. The van der Waals surface area contributed by atoms with Crippen LogP contribution in [0.3, 0.4) is 0 Å². The molecular formula is C14H19ClN2O. The summed E-state index contributed by atoms with van der Waals surface area (Å²) in [4.78, 5) is 13.8. The quantitative estimate of drug-likeness (QED) is 0.889. The smallest absolute Gasteiger partial charge is 0.234 e. The van der Waals surface area contributed by atoms with Crippen LogP contribution in [0.25, 0.3) is 0 Å². The van der Waals surface area contributed by atoms with Crippen molar-refractivity contribution in [3.8, 4) is 0 Å². The Kier molecular flexibility index (Phi) is 4.25. The molecule has 18 heavy (non-hydrogen) atoms. The van der Waals surface area contributed by atoms with Crippen molar-refractivity contribution in [2.75, 3.05) is 13.6 Å². The molecule has 1 fully saturated rings. The average Bonchev–Trinajstić information content (AvgIpc) is 3.12. The Morgan fingerprint density at radius 1 is 1.44 bits per heavy atom. The van der Waals surface area contributed by atoms with Gasteiger partial charge < -0.3 is 5.32 Å². The number of nitrogens with one attached hydrogen (secondary N) is 1. The lowest BCUT2D eigenvalue weighted by atomic mass is 10.1. The number of amides is 1. The first-order valence-corrected chi connectivity index (χ1v) is 6.69. The van der Waals surface area contributed by atoms with Crippen LogP contribution >= 0.6 is 11.6 Å². The van der Waals surface area contributed by atoms with Crippen LogP contribution < -0.4 is 5.32 Å². The van der Waals surface area contributed by atoms with E-state index in [-0.39, 0.29) is 11.9 Å². The van der Waals surface area contributed by atoms with Crippen LogP contribution in [0.4, 0.5) is 0 Å². The van der Waals surface area contributed by atoms with E-state index in [9.17, 15) is 4.79 Å². The standard InChI is InChI=1S/C14H19ClN2O/c1-10(11-3-5-12(15)6-4-11)17(2)9-14(18)16-13-7-8-13/h3-6,10,13H,7-9H2,1-2H3,(H,16,18). The van der Waals surface area contributed by atoms with Crippen LogP contribution in [0.1, 0.15) is 31.4 Å². The molecule has 0 heterocycles. The van der Waals surface area contributed by atoms with Gasteiger partial charge in [-0.05, 0) is 44.5 Å². The van der Waals surface area contributed by atoms with Gasteiger partial charge in [0.25, 0.3) is 0 Å². The van der Waals surface area contributed by atoms with E-state index in [1.54, 1.807) is 0 Å². The minimum Gasteiger partial charge on any atom is -0.352 e. The van der Waals surface area contributed by atoms with E-state index >= 15 is 0 Å². The molecule has 1 aromatic rings. The summed E-state index contributed by atoms with van der Waals surface area (Å²) in [5.41, 5.74) is 1.17. The van der Waals surface area contributed by atoms with E-state index in [0.29, 0.717) is 12.6 Å². The van der Waals surface area contributed by atoms with Gasteiger partial charge in [-0.25, -0.2) is 0 Å². The SMILES string of the molecule is CC(c1ccc(Cl)cc1)N(C)CC(=O)NC1CC1. The highest BCUT2D eigenvalue weighted by Gasteiger charge is 2.24. The van der Waals surface area contributed by atoms with Gasteiger partial charge in [-0.15, -0.1) is 0 Å². The maximum Gasteiger partial charge on any atom is 0.234 e. The predicted octanol–water partition coefficient (Wildman–Crippen LogP) is 2.61. The molecule has 0 saturated heterocycles. The van der Waals surface area contributed by atoms with Gasteiger partial charge in [0.15, 0.2) is 0 Å². The molecule has 1 unspecified atom stereocenters. The third-order valence-electron chi connectivity index (χ3n) is 3.35. The van der Waals surface area contributed by atoms with Crippen molar-refractivity contribution < 1.29 is 4.79 Å². The monoisotopic (exact) mass is 266 g/mol. The Hall–Kier alpha value is -1.06. The van der Waals surface area contributed by atoms with Gasteiger partial charge in [0, 0.05) is 17.1 Å². The van der Waals surface area contributed by atoms with E-state index in [2.05, 4.69) is 12.2 Å². The normalized spacial score (nSPS) is 16.7. The maximum atomic E-state index is 11.7. The van der Waals surface area contributed by atoms with Crippen molar-refractivity contribution in [2.45, 2.75) is 31.8 Å². The molecule has 3 nitrogen and oxygen atoms in total. The lowest BCUT2D eigenvalue weighted by Gasteiger charge is -2.24. The Morgan fingerprint density at radius 2 is 2.06 bits per heavy atom. The largest absolute Gasteiger partial charge is 0.352 e. The van der Waals surface area contributed by atoms with E-state index in [0.717, 1.165) is 17.9 Å². The predicted molar refractivity (Wildman–Crippen MR) is 73.7 cm³/mol. The fourth-order valence-electron chi connectivity index (χ4n) is 1.86. The Balaban J connectivity index is 1.88. The van der Waals surface area contributed by atoms with Crippen LogP contribution in [-0.4, -0.2) is 30.4 Å². The number of nitrogens with zero attached hydrogens (tertiary/aromatic N) is 1. The zero-order valence-corrected chi connectivity index (χ0v) is 11.6. The summed E-state index contributed by atoms with van der Waals surface area (Å²) in [7, 11) is 1.96. The Morgan fingerprint density at radius 3 is 2.61 bits per heavy atom. The van der Waals surface area contributed by atoms with Crippen LogP contribution in [0.2, 0.25) is 5.02 Å². The number of hydrogen-bond donors (Lipinski definition) is 1. The van der Waals surface area contributed by atoms with Crippen molar-refractivity contribution >= 4 is 17.5 Å². The van der Waals surface area contributed by atoms with Crippen molar-refractivity contribution in [1.82, 2.24) is 10.2 Å². The highest BCUT2D eigenvalue weighted by molar-refractivity contribution is 6.30. The fraction of sp³-hybridized carbons (Fsp3) is 0.500. The molecule has 1 aliphatic rings. The molecule has 1 aliphatic carbocycles. The number of rotatable bonds is 5. The molecule has 1 amide bonds.